The van der Waals surface area contributed by atoms with Crippen molar-refractivity contribution in [2.75, 3.05) is 14.2 Å². The molecule has 21 heavy (non-hydrogen) atoms. The number of nitrogens with one attached hydrogen (secondary N) is 1. The Morgan fingerprint density at radius 2 is 1.76 bits per heavy atom. The molecule has 2 aromatic rings. The van der Waals surface area contributed by atoms with Crippen LogP contribution in [-0.2, 0) is 13.1 Å². The fraction of sp³-hybridized carbons (Fsp3) is 0.235. The predicted molar refractivity (Wildman–Crippen MR) is 81.2 cm³/mol. The number of hydrogen-bond acceptors (Lipinski definition) is 4. The van der Waals surface area contributed by atoms with E-state index < -0.39 is 0 Å². The summed E-state index contributed by atoms with van der Waals surface area (Å²) in [4.78, 5) is 0. The van der Waals surface area contributed by atoms with E-state index in [1.54, 1.807) is 14.2 Å². The third kappa shape index (κ3) is 3.98. The lowest BCUT2D eigenvalue weighted by Gasteiger charge is -2.08. The Morgan fingerprint density at radius 3 is 2.43 bits per heavy atom. The summed E-state index contributed by atoms with van der Waals surface area (Å²) in [5.41, 5.74) is 2.76. The molecule has 0 aromatic heterocycles. The molecule has 0 unspecified atom stereocenters. The molecule has 4 heteroatoms. The molecule has 108 valence electrons. The van der Waals surface area contributed by atoms with E-state index in [2.05, 4.69) is 11.4 Å². The average Bonchev–Trinajstić information content (AvgIpc) is 2.55. The van der Waals surface area contributed by atoms with Gasteiger partial charge in [0, 0.05) is 13.1 Å². The Hall–Kier alpha value is -2.51. The van der Waals surface area contributed by atoms with Gasteiger partial charge in [-0.25, -0.2) is 0 Å². The van der Waals surface area contributed by atoms with Crippen LogP contribution in [0.2, 0.25) is 0 Å². The van der Waals surface area contributed by atoms with E-state index in [-0.39, 0.29) is 0 Å². The quantitative estimate of drug-likeness (QED) is 0.885. The fourth-order valence-corrected chi connectivity index (χ4v) is 2.09. The van der Waals surface area contributed by atoms with Crippen molar-refractivity contribution in [3.05, 3.63) is 59.2 Å². The fourth-order valence-electron chi connectivity index (χ4n) is 2.09. The molecule has 0 aliphatic heterocycles. The van der Waals surface area contributed by atoms with Gasteiger partial charge in [-0.05, 0) is 35.4 Å². The normalized spacial score (nSPS) is 9.95. The molecular formula is C17H18N2O2. The second kappa shape index (κ2) is 7.32. The molecule has 1 N–H and O–H groups in total. The minimum Gasteiger partial charge on any atom is -0.497 e. The summed E-state index contributed by atoms with van der Waals surface area (Å²) in [7, 11) is 3.23. The first kappa shape index (κ1) is 14.9. The Bertz CT molecular complexity index is 647. The van der Waals surface area contributed by atoms with Crippen LogP contribution >= 0.6 is 0 Å². The van der Waals surface area contributed by atoms with Crippen LogP contribution in [-0.4, -0.2) is 14.2 Å². The van der Waals surface area contributed by atoms with Gasteiger partial charge in [0.15, 0.2) is 0 Å². The monoisotopic (exact) mass is 282 g/mol. The molecule has 0 atom stereocenters. The van der Waals surface area contributed by atoms with Crippen molar-refractivity contribution < 1.29 is 9.47 Å². The maximum absolute atomic E-state index is 9.07. The van der Waals surface area contributed by atoms with E-state index >= 15 is 0 Å². The highest BCUT2D eigenvalue weighted by molar-refractivity contribution is 5.45. The summed E-state index contributed by atoms with van der Waals surface area (Å²) < 4.78 is 10.3. The van der Waals surface area contributed by atoms with Crippen molar-refractivity contribution in [1.29, 1.82) is 5.26 Å². The molecular weight excluding hydrogens is 264 g/mol. The molecule has 2 rings (SSSR count). The van der Waals surface area contributed by atoms with Crippen LogP contribution in [0.25, 0.3) is 0 Å². The van der Waals surface area contributed by atoms with Crippen LogP contribution in [0, 0.1) is 11.3 Å². The van der Waals surface area contributed by atoms with Crippen molar-refractivity contribution >= 4 is 0 Å². The zero-order valence-corrected chi connectivity index (χ0v) is 12.2. The van der Waals surface area contributed by atoms with Crippen molar-refractivity contribution in [2.45, 2.75) is 13.1 Å². The van der Waals surface area contributed by atoms with E-state index in [1.165, 1.54) is 0 Å². The number of nitriles is 1. The molecule has 0 saturated carbocycles. The number of benzene rings is 2. The van der Waals surface area contributed by atoms with Crippen molar-refractivity contribution in [2.24, 2.45) is 0 Å². The largest absolute Gasteiger partial charge is 0.497 e. The van der Waals surface area contributed by atoms with Gasteiger partial charge < -0.3 is 14.8 Å². The summed E-state index contributed by atoms with van der Waals surface area (Å²) in [6, 6.07) is 15.7. The lowest BCUT2D eigenvalue weighted by Crippen LogP contribution is -2.12. The van der Waals surface area contributed by atoms with Gasteiger partial charge in [0.2, 0.25) is 0 Å². The summed E-state index contributed by atoms with van der Waals surface area (Å²) in [5, 5.41) is 12.4. The van der Waals surface area contributed by atoms with Gasteiger partial charge in [-0.2, -0.15) is 5.26 Å². The zero-order chi connectivity index (χ0) is 15.1. The standard InChI is InChI=1S/C17H18N2O2/c1-20-16-5-3-4-13(9-16)11-19-12-14-6-7-17(21-2)15(8-14)10-18/h3-9,19H,11-12H2,1-2H3. The van der Waals surface area contributed by atoms with Gasteiger partial charge in [0.1, 0.15) is 17.6 Å². The van der Waals surface area contributed by atoms with Crippen LogP contribution in [0.4, 0.5) is 0 Å². The van der Waals surface area contributed by atoms with E-state index in [0.29, 0.717) is 17.9 Å². The van der Waals surface area contributed by atoms with Gasteiger partial charge in [0.05, 0.1) is 19.8 Å². The van der Waals surface area contributed by atoms with E-state index in [1.807, 2.05) is 42.5 Å². The highest BCUT2D eigenvalue weighted by Crippen LogP contribution is 2.19. The van der Waals surface area contributed by atoms with E-state index in [0.717, 1.165) is 23.4 Å². The maximum Gasteiger partial charge on any atom is 0.136 e. The highest BCUT2D eigenvalue weighted by atomic mass is 16.5. The molecule has 0 amide bonds. The SMILES string of the molecule is COc1cccc(CNCc2ccc(OC)c(C#N)c2)c1. The molecule has 0 radical (unpaired) electrons. The Balaban J connectivity index is 1.95. The van der Waals surface area contributed by atoms with Crippen molar-refractivity contribution in [3.8, 4) is 17.6 Å². The van der Waals surface area contributed by atoms with E-state index in [9.17, 15) is 0 Å². The van der Waals surface area contributed by atoms with Gasteiger partial charge in [-0.1, -0.05) is 18.2 Å². The first-order chi connectivity index (χ1) is 10.3. The second-order valence-corrected chi connectivity index (χ2v) is 4.60. The first-order valence-electron chi connectivity index (χ1n) is 6.67. The number of rotatable bonds is 6. The lowest BCUT2D eigenvalue weighted by molar-refractivity contribution is 0.413. The molecule has 0 bridgehead atoms. The molecule has 0 aliphatic rings. The summed E-state index contributed by atoms with van der Waals surface area (Å²) >= 11 is 0. The number of ether oxygens (including phenoxy) is 2. The number of hydrogen-bond donors (Lipinski definition) is 1. The smallest absolute Gasteiger partial charge is 0.136 e. The van der Waals surface area contributed by atoms with Crippen LogP contribution in [0.1, 0.15) is 16.7 Å². The topological polar surface area (TPSA) is 54.3 Å². The minimum atomic E-state index is 0.554. The first-order valence-corrected chi connectivity index (χ1v) is 6.67. The number of methoxy groups -OCH3 is 2. The summed E-state index contributed by atoms with van der Waals surface area (Å²) in [6.45, 7) is 1.43. The lowest BCUT2D eigenvalue weighted by atomic mass is 10.1. The summed E-state index contributed by atoms with van der Waals surface area (Å²) in [5.74, 6) is 1.46. The van der Waals surface area contributed by atoms with Gasteiger partial charge in [-0.3, -0.25) is 0 Å². The summed E-state index contributed by atoms with van der Waals surface area (Å²) in [6.07, 6.45) is 0. The molecule has 0 heterocycles. The van der Waals surface area contributed by atoms with Gasteiger partial charge in [-0.15, -0.1) is 0 Å². The Labute approximate surface area is 124 Å². The Kier molecular flexibility index (Phi) is 5.19. The third-order valence-corrected chi connectivity index (χ3v) is 3.18. The van der Waals surface area contributed by atoms with Crippen LogP contribution in [0.3, 0.4) is 0 Å². The third-order valence-electron chi connectivity index (χ3n) is 3.18. The molecule has 2 aromatic carbocycles. The number of nitrogens with zero attached hydrogens (tertiary/aromatic N) is 1. The molecule has 4 nitrogen and oxygen atoms in total. The van der Waals surface area contributed by atoms with Crippen LogP contribution in [0.5, 0.6) is 11.5 Å². The Morgan fingerprint density at radius 1 is 1.00 bits per heavy atom. The molecule has 0 saturated heterocycles. The minimum absolute atomic E-state index is 0.554. The van der Waals surface area contributed by atoms with Gasteiger partial charge >= 0.3 is 0 Å². The van der Waals surface area contributed by atoms with Crippen LogP contribution < -0.4 is 14.8 Å². The maximum atomic E-state index is 9.07. The van der Waals surface area contributed by atoms with Crippen molar-refractivity contribution in [1.82, 2.24) is 5.32 Å². The van der Waals surface area contributed by atoms with Crippen molar-refractivity contribution in [3.63, 3.8) is 0 Å². The predicted octanol–water partition coefficient (Wildman–Crippen LogP) is 2.87. The highest BCUT2D eigenvalue weighted by Gasteiger charge is 2.03. The zero-order valence-electron chi connectivity index (χ0n) is 12.2. The van der Waals surface area contributed by atoms with Gasteiger partial charge in [0.25, 0.3) is 0 Å². The average molecular weight is 282 g/mol. The molecule has 0 aliphatic carbocycles. The molecule has 0 fully saturated rings. The molecule has 0 spiro atoms. The van der Waals surface area contributed by atoms with Crippen LogP contribution in [0.15, 0.2) is 42.5 Å². The second-order valence-electron chi connectivity index (χ2n) is 4.60. The van der Waals surface area contributed by atoms with E-state index in [4.69, 9.17) is 14.7 Å².